The number of urea groups is 1. The number of fused-ring (bicyclic) bond motifs is 1. The third kappa shape index (κ3) is 5.17. The van der Waals surface area contributed by atoms with E-state index in [1.807, 2.05) is 42.5 Å². The van der Waals surface area contributed by atoms with Crippen LogP contribution >= 0.6 is 11.3 Å². The van der Waals surface area contributed by atoms with Gasteiger partial charge in [0.25, 0.3) is 5.91 Å². The summed E-state index contributed by atoms with van der Waals surface area (Å²) in [4.78, 5) is 60.8. The predicted molar refractivity (Wildman–Crippen MR) is 152 cm³/mol. The van der Waals surface area contributed by atoms with Gasteiger partial charge in [-0.3, -0.25) is 9.59 Å². The topological polar surface area (TPSA) is 152 Å². The van der Waals surface area contributed by atoms with E-state index in [1.54, 1.807) is 6.20 Å². The number of para-hydroxylation sites is 1. The van der Waals surface area contributed by atoms with Gasteiger partial charge in [-0.15, -0.1) is 11.3 Å². The first kappa shape index (κ1) is 27.0. The van der Waals surface area contributed by atoms with Crippen molar-refractivity contribution in [2.75, 3.05) is 12.4 Å². The van der Waals surface area contributed by atoms with Crippen LogP contribution < -0.4 is 10.6 Å². The first-order valence-electron chi connectivity index (χ1n) is 13.1. The maximum absolute atomic E-state index is 13.8. The number of rotatable bonds is 8. The Morgan fingerprint density at radius 3 is 2.93 bits per heavy atom. The molecule has 0 spiro atoms. The van der Waals surface area contributed by atoms with Crippen molar-refractivity contribution in [3.05, 3.63) is 94.9 Å². The Labute approximate surface area is 243 Å². The molecule has 1 fully saturated rings. The molecule has 4 heterocycles. The lowest BCUT2D eigenvalue weighted by Gasteiger charge is -2.25. The number of H-pyrrole nitrogens is 1. The first-order valence-corrected chi connectivity index (χ1v) is 13.9. The van der Waals surface area contributed by atoms with Crippen LogP contribution in [0.5, 0.6) is 0 Å². The van der Waals surface area contributed by atoms with Gasteiger partial charge in [-0.25, -0.2) is 19.5 Å². The number of hydrogen-bond acceptors (Lipinski definition) is 9. The van der Waals surface area contributed by atoms with Crippen LogP contribution in [0.3, 0.4) is 0 Å². The number of carbonyl (C=O) groups is 4. The van der Waals surface area contributed by atoms with Crippen molar-refractivity contribution in [1.82, 2.24) is 20.2 Å². The van der Waals surface area contributed by atoms with Gasteiger partial charge in [-0.05, 0) is 30.0 Å². The van der Waals surface area contributed by atoms with Crippen molar-refractivity contribution >= 4 is 51.2 Å². The van der Waals surface area contributed by atoms with E-state index in [0.717, 1.165) is 51.1 Å². The number of nitrogens with zero attached hydrogens (tertiary/aromatic N) is 2. The number of thiazole rings is 1. The van der Waals surface area contributed by atoms with Gasteiger partial charge in [0.05, 0.1) is 7.11 Å². The fourth-order valence-electron chi connectivity index (χ4n) is 4.92. The maximum Gasteiger partial charge on any atom is 0.357 e. The number of carbonyl (C=O) groups excluding carboxylic acids is 4. The highest BCUT2D eigenvalue weighted by molar-refractivity contribution is 7.14. The van der Waals surface area contributed by atoms with Crippen LogP contribution in [0.15, 0.2) is 83.7 Å². The number of allylic oxidation sites excluding steroid dienone is 4. The van der Waals surface area contributed by atoms with Gasteiger partial charge in [0.1, 0.15) is 18.6 Å². The molecule has 1 aliphatic carbocycles. The minimum atomic E-state index is -1.27. The van der Waals surface area contributed by atoms with E-state index in [4.69, 9.17) is 9.47 Å². The molecule has 2 atom stereocenters. The van der Waals surface area contributed by atoms with Gasteiger partial charge in [-0.1, -0.05) is 36.4 Å². The number of methoxy groups -OCH3 is 1. The number of aromatic amines is 1. The fraction of sp³-hybridized carbons (Fsp3) is 0.207. The molecule has 2 aromatic heterocycles. The summed E-state index contributed by atoms with van der Waals surface area (Å²) >= 11 is 1.01. The highest BCUT2D eigenvalue weighted by Crippen LogP contribution is 2.30. The summed E-state index contributed by atoms with van der Waals surface area (Å²) in [6, 6.07) is 4.27. The summed E-state index contributed by atoms with van der Waals surface area (Å²) in [6.07, 6.45) is 11.9. The average molecular weight is 588 g/mol. The molecular formula is C29H25N5O7S. The second-order valence-corrected chi connectivity index (χ2v) is 10.4. The van der Waals surface area contributed by atoms with Gasteiger partial charge >= 0.3 is 12.0 Å². The average Bonchev–Trinajstić information content (AvgIpc) is 3.73. The largest absolute Gasteiger partial charge is 0.465 e. The standard InChI is InChI=1S/C29H25N5O7S/c1-39-27(37)20-15-42-28(31-20)33-25(35)21(11-17-12-30-19-10-6-5-9-18(17)19)34-26(36)24(32-29(34)38)23-14-40-13-22(41-23)16-7-3-2-4-8-16/h2-3,5-7,9-10,12-15,21,24,30H,4,8,11H2,1H3,(H,32,38)(H,31,33,35)/t21-,24?/m0/s1. The van der Waals surface area contributed by atoms with Crippen LogP contribution in [0.2, 0.25) is 0 Å². The van der Waals surface area contributed by atoms with E-state index in [-0.39, 0.29) is 23.0 Å². The molecule has 0 saturated carbocycles. The number of imide groups is 1. The molecule has 3 aliphatic rings. The Kier molecular flexibility index (Phi) is 7.32. The number of benzene rings is 1. The van der Waals surface area contributed by atoms with Crippen molar-refractivity contribution in [3.8, 4) is 0 Å². The molecule has 1 unspecified atom stereocenters. The number of anilines is 1. The molecular weight excluding hydrogens is 562 g/mol. The molecule has 0 radical (unpaired) electrons. The monoisotopic (exact) mass is 587 g/mol. The lowest BCUT2D eigenvalue weighted by molar-refractivity contribution is -0.133. The van der Waals surface area contributed by atoms with Crippen LogP contribution in [0.4, 0.5) is 9.93 Å². The van der Waals surface area contributed by atoms with Crippen molar-refractivity contribution < 1.29 is 33.4 Å². The minimum absolute atomic E-state index is 0.0116. The number of hydrogen-bond donors (Lipinski definition) is 3. The predicted octanol–water partition coefficient (Wildman–Crippen LogP) is 3.89. The molecule has 2 aliphatic heterocycles. The van der Waals surface area contributed by atoms with E-state index < -0.39 is 35.9 Å². The molecule has 13 heteroatoms. The molecule has 3 aromatic rings. The molecule has 4 amide bonds. The Morgan fingerprint density at radius 1 is 1.26 bits per heavy atom. The van der Waals surface area contributed by atoms with Crippen molar-refractivity contribution in [3.63, 3.8) is 0 Å². The summed E-state index contributed by atoms with van der Waals surface area (Å²) in [6.45, 7) is 0. The summed E-state index contributed by atoms with van der Waals surface area (Å²) in [7, 11) is 1.23. The molecule has 1 aromatic carbocycles. The molecule has 214 valence electrons. The summed E-state index contributed by atoms with van der Waals surface area (Å²) in [5.74, 6) is -1.46. The zero-order valence-corrected chi connectivity index (χ0v) is 23.1. The molecule has 0 bridgehead atoms. The van der Waals surface area contributed by atoms with Gasteiger partial charge in [0, 0.05) is 28.9 Å². The maximum atomic E-state index is 13.8. The molecule has 3 N–H and O–H groups in total. The lowest BCUT2D eigenvalue weighted by Crippen LogP contribution is -2.49. The van der Waals surface area contributed by atoms with Crippen LogP contribution in [0, 0.1) is 0 Å². The Bertz CT molecular complexity index is 1720. The normalized spacial score (nSPS) is 18.8. The van der Waals surface area contributed by atoms with Crippen LogP contribution in [0.25, 0.3) is 10.9 Å². The smallest absolute Gasteiger partial charge is 0.357 e. The molecule has 12 nitrogen and oxygen atoms in total. The summed E-state index contributed by atoms with van der Waals surface area (Å²) in [5.41, 5.74) is 2.48. The Hall–Kier alpha value is -5.17. The highest BCUT2D eigenvalue weighted by Gasteiger charge is 2.48. The van der Waals surface area contributed by atoms with Gasteiger partial charge in [0.15, 0.2) is 28.4 Å². The Morgan fingerprint density at radius 2 is 2.12 bits per heavy atom. The number of nitrogens with one attached hydrogen (secondary N) is 3. The number of amides is 4. The van der Waals surface area contributed by atoms with Gasteiger partial charge < -0.3 is 29.8 Å². The second kappa shape index (κ2) is 11.4. The van der Waals surface area contributed by atoms with Crippen LogP contribution in [-0.2, 0) is 30.2 Å². The molecule has 1 saturated heterocycles. The van der Waals surface area contributed by atoms with E-state index in [1.165, 1.54) is 25.0 Å². The molecule has 6 rings (SSSR count). The number of esters is 1. The van der Waals surface area contributed by atoms with Gasteiger partial charge in [0.2, 0.25) is 5.91 Å². The lowest BCUT2D eigenvalue weighted by atomic mass is 10.0. The quantitative estimate of drug-likeness (QED) is 0.265. The highest BCUT2D eigenvalue weighted by atomic mass is 32.1. The third-order valence-corrected chi connectivity index (χ3v) is 7.76. The van der Waals surface area contributed by atoms with E-state index in [0.29, 0.717) is 5.76 Å². The van der Waals surface area contributed by atoms with E-state index >= 15 is 0 Å². The van der Waals surface area contributed by atoms with Crippen LogP contribution in [-0.4, -0.2) is 57.9 Å². The van der Waals surface area contributed by atoms with E-state index in [2.05, 4.69) is 25.3 Å². The summed E-state index contributed by atoms with van der Waals surface area (Å²) < 4.78 is 16.1. The van der Waals surface area contributed by atoms with E-state index in [9.17, 15) is 19.2 Å². The number of aromatic nitrogens is 2. The van der Waals surface area contributed by atoms with Crippen molar-refractivity contribution in [2.45, 2.75) is 31.3 Å². The van der Waals surface area contributed by atoms with Crippen LogP contribution in [0.1, 0.15) is 28.9 Å². The SMILES string of the molecule is COC(=O)c1csc(NC(=O)[C@H](Cc2c[nH]c3ccccc23)N2C(=O)NC(C3=COC=C(C4=CC=CCC4)O3)C2=O)n1. The zero-order chi connectivity index (χ0) is 29.2. The molecule has 42 heavy (non-hydrogen) atoms. The minimum Gasteiger partial charge on any atom is -0.465 e. The zero-order valence-electron chi connectivity index (χ0n) is 22.3. The third-order valence-electron chi connectivity index (χ3n) is 7.00. The summed E-state index contributed by atoms with van der Waals surface area (Å²) in [5, 5.41) is 7.68. The second-order valence-electron chi connectivity index (χ2n) is 9.59. The van der Waals surface area contributed by atoms with Crippen molar-refractivity contribution in [1.29, 1.82) is 0 Å². The van der Waals surface area contributed by atoms with Crippen molar-refractivity contribution in [2.24, 2.45) is 0 Å². The fourth-order valence-corrected chi connectivity index (χ4v) is 5.61. The number of ether oxygens (including phenoxy) is 3. The Balaban J connectivity index is 1.27. The van der Waals surface area contributed by atoms with Gasteiger partial charge in [-0.2, -0.15) is 0 Å². The first-order chi connectivity index (χ1) is 20.4.